The van der Waals surface area contributed by atoms with Crippen molar-refractivity contribution in [1.29, 1.82) is 0 Å². The maximum absolute atomic E-state index is 12.9. The van der Waals surface area contributed by atoms with Crippen molar-refractivity contribution in [2.75, 3.05) is 13.7 Å². The van der Waals surface area contributed by atoms with E-state index in [2.05, 4.69) is 15.9 Å². The van der Waals surface area contributed by atoms with Gasteiger partial charge in [0.05, 0.1) is 35.2 Å². The summed E-state index contributed by atoms with van der Waals surface area (Å²) >= 11 is 9.66. The molecule has 7 heteroatoms. The molecule has 0 aliphatic rings. The minimum Gasteiger partial charge on any atom is -0.493 e. The number of hydrogen-bond donors (Lipinski definition) is 0. The fourth-order valence-corrected chi connectivity index (χ4v) is 3.46. The molecule has 0 spiro atoms. The third-order valence-corrected chi connectivity index (χ3v) is 4.68. The lowest BCUT2D eigenvalue weighted by atomic mass is 10.1. The number of carbonyl (C=O) groups is 1. The van der Waals surface area contributed by atoms with Gasteiger partial charge < -0.3 is 14.0 Å². The molecule has 0 aliphatic carbocycles. The number of pyridine rings is 1. The molecule has 3 aromatic rings. The average Bonchev–Trinajstić information content (AvgIpc) is 2.58. The van der Waals surface area contributed by atoms with Crippen LogP contribution in [0.2, 0.25) is 5.02 Å². The molecule has 0 amide bonds. The van der Waals surface area contributed by atoms with Gasteiger partial charge in [-0.3, -0.25) is 9.59 Å². The number of halogens is 2. The Morgan fingerprint density at radius 3 is 2.64 bits per heavy atom. The zero-order valence-electron chi connectivity index (χ0n) is 13.6. The lowest BCUT2D eigenvalue weighted by Crippen LogP contribution is -2.18. The SMILES string of the molecule is CCOC(=O)Cn1c2cc(Br)ccc2c(=O)c2ccc(Cl)c(OC)c21. The molecule has 0 saturated heterocycles. The fraction of sp³-hybridized carbons (Fsp3) is 0.222. The fourth-order valence-electron chi connectivity index (χ4n) is 2.88. The highest BCUT2D eigenvalue weighted by Crippen LogP contribution is 2.34. The zero-order chi connectivity index (χ0) is 18.1. The van der Waals surface area contributed by atoms with Crippen LogP contribution in [0, 0.1) is 0 Å². The first kappa shape index (κ1) is 17.8. The van der Waals surface area contributed by atoms with E-state index in [0.717, 1.165) is 4.47 Å². The largest absolute Gasteiger partial charge is 0.493 e. The molecule has 1 aromatic heterocycles. The van der Waals surface area contributed by atoms with Crippen LogP contribution in [0.25, 0.3) is 21.8 Å². The van der Waals surface area contributed by atoms with E-state index in [4.69, 9.17) is 21.1 Å². The van der Waals surface area contributed by atoms with Crippen molar-refractivity contribution in [2.24, 2.45) is 0 Å². The van der Waals surface area contributed by atoms with E-state index in [1.165, 1.54) is 7.11 Å². The van der Waals surface area contributed by atoms with Gasteiger partial charge in [0, 0.05) is 9.86 Å². The van der Waals surface area contributed by atoms with Crippen molar-refractivity contribution >= 4 is 55.3 Å². The number of hydrogen-bond acceptors (Lipinski definition) is 4. The third kappa shape index (κ3) is 3.12. The van der Waals surface area contributed by atoms with Crippen molar-refractivity contribution in [2.45, 2.75) is 13.5 Å². The molecule has 130 valence electrons. The number of benzene rings is 2. The van der Waals surface area contributed by atoms with Gasteiger partial charge in [0.1, 0.15) is 6.54 Å². The van der Waals surface area contributed by atoms with Crippen LogP contribution in [-0.2, 0) is 16.1 Å². The van der Waals surface area contributed by atoms with E-state index < -0.39 is 5.97 Å². The number of methoxy groups -OCH3 is 1. The van der Waals surface area contributed by atoms with E-state index >= 15 is 0 Å². The van der Waals surface area contributed by atoms with Gasteiger partial charge in [0.15, 0.2) is 11.2 Å². The second-order valence-corrected chi connectivity index (χ2v) is 6.68. The molecular formula is C18H15BrClNO4. The molecule has 3 rings (SSSR count). The Bertz CT molecular complexity index is 1040. The van der Waals surface area contributed by atoms with Crippen molar-refractivity contribution in [3.8, 4) is 5.75 Å². The van der Waals surface area contributed by atoms with Crippen molar-refractivity contribution in [3.63, 3.8) is 0 Å². The van der Waals surface area contributed by atoms with Gasteiger partial charge in [0.25, 0.3) is 0 Å². The zero-order valence-corrected chi connectivity index (χ0v) is 16.0. The van der Waals surface area contributed by atoms with Crippen LogP contribution < -0.4 is 10.2 Å². The van der Waals surface area contributed by atoms with Gasteiger partial charge >= 0.3 is 5.97 Å². The van der Waals surface area contributed by atoms with Gasteiger partial charge in [-0.15, -0.1) is 0 Å². The molecular weight excluding hydrogens is 410 g/mol. The van der Waals surface area contributed by atoms with E-state index in [1.54, 1.807) is 41.8 Å². The lowest BCUT2D eigenvalue weighted by Gasteiger charge is -2.17. The molecule has 0 bridgehead atoms. The standard InChI is InChI=1S/C18H15BrClNO4/c1-3-25-15(22)9-21-14-8-10(19)4-5-11(14)17(23)12-6-7-13(20)18(24-2)16(12)21/h4-8H,3,9H2,1-2H3. The predicted octanol–water partition coefficient (Wildman–Crippen LogP) is 4.14. The molecule has 0 saturated carbocycles. The first-order chi connectivity index (χ1) is 12.0. The van der Waals surface area contributed by atoms with Crippen molar-refractivity contribution in [3.05, 3.63) is 50.1 Å². The first-order valence-corrected chi connectivity index (χ1v) is 8.79. The molecule has 0 unspecified atom stereocenters. The van der Waals surface area contributed by atoms with E-state index in [9.17, 15) is 9.59 Å². The van der Waals surface area contributed by atoms with Crippen molar-refractivity contribution < 1.29 is 14.3 Å². The summed E-state index contributed by atoms with van der Waals surface area (Å²) in [6, 6.07) is 8.56. The number of ether oxygens (including phenoxy) is 2. The Kier molecular flexibility index (Phi) is 5.01. The van der Waals surface area contributed by atoms with Crippen LogP contribution in [0.15, 0.2) is 39.6 Å². The summed E-state index contributed by atoms with van der Waals surface area (Å²) in [4.78, 5) is 25.0. The van der Waals surface area contributed by atoms with Crippen molar-refractivity contribution in [1.82, 2.24) is 4.57 Å². The molecule has 25 heavy (non-hydrogen) atoms. The molecule has 2 aromatic carbocycles. The normalized spacial score (nSPS) is 11.0. The highest BCUT2D eigenvalue weighted by Gasteiger charge is 2.19. The average molecular weight is 425 g/mol. The van der Waals surface area contributed by atoms with Crippen LogP contribution in [0.1, 0.15) is 6.92 Å². The van der Waals surface area contributed by atoms with Gasteiger partial charge in [-0.05, 0) is 37.3 Å². The quantitative estimate of drug-likeness (QED) is 0.466. The molecule has 0 radical (unpaired) electrons. The molecule has 0 atom stereocenters. The van der Waals surface area contributed by atoms with Gasteiger partial charge in [-0.25, -0.2) is 0 Å². The highest BCUT2D eigenvalue weighted by atomic mass is 79.9. The summed E-state index contributed by atoms with van der Waals surface area (Å²) in [7, 11) is 1.48. The van der Waals surface area contributed by atoms with E-state index in [1.807, 2.05) is 0 Å². The van der Waals surface area contributed by atoms with Gasteiger partial charge in [0.2, 0.25) is 0 Å². The van der Waals surface area contributed by atoms with Gasteiger partial charge in [-0.1, -0.05) is 27.5 Å². The second-order valence-electron chi connectivity index (χ2n) is 5.36. The Morgan fingerprint density at radius 2 is 1.96 bits per heavy atom. The number of carbonyl (C=O) groups excluding carboxylic acids is 1. The second kappa shape index (κ2) is 7.06. The number of aromatic nitrogens is 1. The Morgan fingerprint density at radius 1 is 1.24 bits per heavy atom. The molecule has 0 N–H and O–H groups in total. The van der Waals surface area contributed by atoms with Crippen LogP contribution in [-0.4, -0.2) is 24.3 Å². The van der Waals surface area contributed by atoms with Crippen LogP contribution >= 0.6 is 27.5 Å². The smallest absolute Gasteiger partial charge is 0.325 e. The summed E-state index contributed by atoms with van der Waals surface area (Å²) in [6.45, 7) is 1.96. The Balaban J connectivity index is 2.49. The van der Waals surface area contributed by atoms with E-state index in [0.29, 0.717) is 32.6 Å². The third-order valence-electron chi connectivity index (χ3n) is 3.89. The molecule has 1 heterocycles. The van der Waals surface area contributed by atoms with Crippen LogP contribution in [0.3, 0.4) is 0 Å². The lowest BCUT2D eigenvalue weighted by molar-refractivity contribution is -0.143. The van der Waals surface area contributed by atoms with Crippen LogP contribution in [0.5, 0.6) is 5.75 Å². The summed E-state index contributed by atoms with van der Waals surface area (Å²) < 4.78 is 13.0. The number of nitrogens with zero attached hydrogens (tertiary/aromatic N) is 1. The highest BCUT2D eigenvalue weighted by molar-refractivity contribution is 9.10. The minimum absolute atomic E-state index is 0.0612. The maximum Gasteiger partial charge on any atom is 0.325 e. The minimum atomic E-state index is -0.407. The summed E-state index contributed by atoms with van der Waals surface area (Å²) in [6.07, 6.45) is 0. The number of rotatable bonds is 4. The van der Waals surface area contributed by atoms with Gasteiger partial charge in [-0.2, -0.15) is 0 Å². The summed E-state index contributed by atoms with van der Waals surface area (Å²) in [5.41, 5.74) is 0.923. The molecule has 0 fully saturated rings. The Labute approximate surface area is 157 Å². The van der Waals surface area contributed by atoms with Crippen LogP contribution in [0.4, 0.5) is 0 Å². The predicted molar refractivity (Wildman–Crippen MR) is 102 cm³/mol. The number of esters is 1. The summed E-state index contributed by atoms with van der Waals surface area (Å²) in [5, 5.41) is 1.30. The summed E-state index contributed by atoms with van der Waals surface area (Å²) in [5.74, 6) is -0.0572. The Hall–Kier alpha value is -2.05. The molecule has 0 aliphatic heterocycles. The monoisotopic (exact) mass is 423 g/mol. The topological polar surface area (TPSA) is 57.5 Å². The first-order valence-electron chi connectivity index (χ1n) is 7.61. The molecule has 5 nitrogen and oxygen atoms in total. The number of fused-ring (bicyclic) bond motifs is 2. The maximum atomic E-state index is 12.9. The van der Waals surface area contributed by atoms with E-state index in [-0.39, 0.29) is 18.6 Å².